The zero-order valence-electron chi connectivity index (χ0n) is 15.1. The molecule has 1 aromatic carbocycles. The molecule has 1 aliphatic carbocycles. The lowest BCUT2D eigenvalue weighted by Crippen LogP contribution is -2.42. The number of benzene rings is 1. The minimum absolute atomic E-state index is 0.0798. The molecule has 7 heteroatoms. The van der Waals surface area contributed by atoms with Crippen LogP contribution < -0.4 is 20.1 Å². The maximum absolute atomic E-state index is 12.9. The fourth-order valence-corrected chi connectivity index (χ4v) is 3.40. The predicted molar refractivity (Wildman–Crippen MR) is 97.5 cm³/mol. The van der Waals surface area contributed by atoms with Crippen LogP contribution in [0.15, 0.2) is 24.3 Å². The number of carbonyl (C=O) groups excluding carboxylic acids is 1. The van der Waals surface area contributed by atoms with Crippen molar-refractivity contribution in [3.8, 4) is 11.5 Å². The van der Waals surface area contributed by atoms with E-state index in [-0.39, 0.29) is 5.91 Å². The van der Waals surface area contributed by atoms with Crippen molar-refractivity contribution in [2.24, 2.45) is 5.73 Å². The molecule has 4 rings (SSSR count). The van der Waals surface area contributed by atoms with E-state index < -0.39 is 6.04 Å². The second kappa shape index (κ2) is 6.64. The van der Waals surface area contributed by atoms with Crippen molar-refractivity contribution in [3.05, 3.63) is 35.5 Å². The average Bonchev–Trinajstić information content (AvgIpc) is 3.44. The number of hydrogen-bond acceptors (Lipinski definition) is 5. The van der Waals surface area contributed by atoms with Crippen LogP contribution in [0.3, 0.4) is 0 Å². The number of ether oxygens (including phenoxy) is 2. The van der Waals surface area contributed by atoms with Gasteiger partial charge in [-0.1, -0.05) is 0 Å². The van der Waals surface area contributed by atoms with Crippen molar-refractivity contribution in [2.75, 3.05) is 19.1 Å². The number of carbonyl (C=O) groups is 1. The molecule has 1 aliphatic heterocycles. The molecule has 1 amide bonds. The first-order valence-corrected chi connectivity index (χ1v) is 8.96. The number of anilines is 1. The minimum atomic E-state index is -0.523. The number of hydrogen-bond donors (Lipinski definition) is 1. The standard InChI is InChI=1S/C19H24N4O3/c1-25-14-6-5-13(17(9-14)26-2)11-22-18-10-16(12-3-4-12)21-23(18)8-7-15(20)19(22)24/h5-6,9-10,12,15H,3-4,7-8,11,20H2,1-2H3. The fourth-order valence-electron chi connectivity index (χ4n) is 3.40. The van der Waals surface area contributed by atoms with Crippen molar-refractivity contribution < 1.29 is 14.3 Å². The Morgan fingerprint density at radius 3 is 2.69 bits per heavy atom. The summed E-state index contributed by atoms with van der Waals surface area (Å²) in [6.45, 7) is 1.04. The van der Waals surface area contributed by atoms with E-state index in [4.69, 9.17) is 20.3 Å². The van der Waals surface area contributed by atoms with E-state index in [9.17, 15) is 4.79 Å². The Morgan fingerprint density at radius 2 is 2.00 bits per heavy atom. The lowest BCUT2D eigenvalue weighted by molar-refractivity contribution is -0.120. The Morgan fingerprint density at radius 1 is 1.19 bits per heavy atom. The summed E-state index contributed by atoms with van der Waals surface area (Å²) in [5.41, 5.74) is 8.08. The van der Waals surface area contributed by atoms with Gasteiger partial charge in [0.15, 0.2) is 0 Å². The van der Waals surface area contributed by atoms with Crippen molar-refractivity contribution in [2.45, 2.75) is 44.3 Å². The van der Waals surface area contributed by atoms with E-state index in [0.717, 1.165) is 17.1 Å². The van der Waals surface area contributed by atoms with Crippen LogP contribution in [0.4, 0.5) is 5.82 Å². The highest BCUT2D eigenvalue weighted by molar-refractivity contribution is 5.96. The Kier molecular flexibility index (Phi) is 4.32. The van der Waals surface area contributed by atoms with Crippen LogP contribution in [0.1, 0.15) is 36.4 Å². The van der Waals surface area contributed by atoms with Crippen LogP contribution in [-0.4, -0.2) is 35.9 Å². The van der Waals surface area contributed by atoms with Gasteiger partial charge in [0.05, 0.1) is 32.5 Å². The number of fused-ring (bicyclic) bond motifs is 1. The van der Waals surface area contributed by atoms with E-state index in [0.29, 0.717) is 36.9 Å². The van der Waals surface area contributed by atoms with Crippen LogP contribution in [0, 0.1) is 0 Å². The quantitative estimate of drug-likeness (QED) is 0.886. The van der Waals surface area contributed by atoms with Crippen LogP contribution in [0.5, 0.6) is 11.5 Å². The normalized spacial score (nSPS) is 19.9. The van der Waals surface area contributed by atoms with E-state index in [1.54, 1.807) is 19.1 Å². The van der Waals surface area contributed by atoms with E-state index in [1.807, 2.05) is 28.9 Å². The number of rotatable bonds is 5. The lowest BCUT2D eigenvalue weighted by atomic mass is 10.1. The smallest absolute Gasteiger partial charge is 0.245 e. The third-order valence-electron chi connectivity index (χ3n) is 5.11. The highest BCUT2D eigenvalue weighted by atomic mass is 16.5. The van der Waals surface area contributed by atoms with Gasteiger partial charge in [-0.15, -0.1) is 0 Å². The lowest BCUT2D eigenvalue weighted by Gasteiger charge is -2.23. The van der Waals surface area contributed by atoms with Gasteiger partial charge in [0.25, 0.3) is 0 Å². The highest BCUT2D eigenvalue weighted by Gasteiger charge is 2.33. The van der Waals surface area contributed by atoms with E-state index in [2.05, 4.69) is 0 Å². The summed E-state index contributed by atoms with van der Waals surface area (Å²) in [6.07, 6.45) is 2.94. The second-order valence-electron chi connectivity index (χ2n) is 6.92. The van der Waals surface area contributed by atoms with Gasteiger partial charge in [-0.3, -0.25) is 9.69 Å². The van der Waals surface area contributed by atoms with Crippen molar-refractivity contribution in [1.82, 2.24) is 9.78 Å². The number of nitrogens with two attached hydrogens (primary N) is 1. The SMILES string of the molecule is COc1ccc(CN2C(=O)C(N)CCn3nc(C4CC4)cc32)c(OC)c1. The molecule has 2 aliphatic rings. The van der Waals surface area contributed by atoms with Gasteiger partial charge >= 0.3 is 0 Å². The number of aryl methyl sites for hydroxylation is 1. The van der Waals surface area contributed by atoms with Crippen LogP contribution in [0.25, 0.3) is 0 Å². The monoisotopic (exact) mass is 356 g/mol. The van der Waals surface area contributed by atoms with Crippen molar-refractivity contribution in [1.29, 1.82) is 0 Å². The summed E-state index contributed by atoms with van der Waals surface area (Å²) in [6, 6.07) is 7.13. The molecular weight excluding hydrogens is 332 g/mol. The summed E-state index contributed by atoms with van der Waals surface area (Å²) in [5, 5.41) is 4.72. The zero-order valence-corrected chi connectivity index (χ0v) is 15.1. The van der Waals surface area contributed by atoms with Gasteiger partial charge in [0, 0.05) is 30.2 Å². The van der Waals surface area contributed by atoms with Crippen molar-refractivity contribution in [3.63, 3.8) is 0 Å². The number of nitrogens with zero attached hydrogens (tertiary/aromatic N) is 3. The van der Waals surface area contributed by atoms with Gasteiger partial charge in [0.1, 0.15) is 17.3 Å². The Labute approximate surface area is 152 Å². The molecule has 0 saturated heterocycles. The molecule has 2 N–H and O–H groups in total. The van der Waals surface area contributed by atoms with E-state index >= 15 is 0 Å². The third kappa shape index (κ3) is 3.03. The zero-order chi connectivity index (χ0) is 18.3. The molecule has 1 unspecified atom stereocenters. The molecule has 138 valence electrons. The molecule has 1 aromatic heterocycles. The Bertz CT molecular complexity index is 828. The second-order valence-corrected chi connectivity index (χ2v) is 6.92. The van der Waals surface area contributed by atoms with Crippen LogP contribution in [0.2, 0.25) is 0 Å². The average molecular weight is 356 g/mol. The van der Waals surface area contributed by atoms with E-state index in [1.165, 1.54) is 12.8 Å². The van der Waals surface area contributed by atoms with Crippen LogP contribution >= 0.6 is 0 Å². The van der Waals surface area contributed by atoms with Gasteiger partial charge in [-0.25, -0.2) is 4.68 Å². The predicted octanol–water partition coefficient (Wildman–Crippen LogP) is 2.04. The Balaban J connectivity index is 1.70. The summed E-state index contributed by atoms with van der Waals surface area (Å²) in [4.78, 5) is 14.7. The van der Waals surface area contributed by atoms with Crippen molar-refractivity contribution >= 4 is 11.7 Å². The van der Waals surface area contributed by atoms with Crippen LogP contribution in [-0.2, 0) is 17.9 Å². The molecule has 2 heterocycles. The number of methoxy groups -OCH3 is 2. The summed E-state index contributed by atoms with van der Waals surface area (Å²) >= 11 is 0. The molecule has 0 radical (unpaired) electrons. The maximum atomic E-state index is 12.9. The first-order chi connectivity index (χ1) is 12.6. The molecule has 0 bridgehead atoms. The van der Waals surface area contributed by atoms with Gasteiger partial charge in [-0.05, 0) is 31.4 Å². The molecule has 1 fully saturated rings. The Hall–Kier alpha value is -2.54. The van der Waals surface area contributed by atoms with Gasteiger partial charge < -0.3 is 15.2 Å². The molecule has 0 spiro atoms. The summed E-state index contributed by atoms with van der Waals surface area (Å²) in [5.74, 6) is 2.68. The molecule has 7 nitrogen and oxygen atoms in total. The molecule has 1 atom stereocenters. The first-order valence-electron chi connectivity index (χ1n) is 8.96. The molecular formula is C19H24N4O3. The highest BCUT2D eigenvalue weighted by Crippen LogP contribution is 2.41. The fraction of sp³-hybridized carbons (Fsp3) is 0.474. The first kappa shape index (κ1) is 16.9. The molecule has 2 aromatic rings. The van der Waals surface area contributed by atoms with Gasteiger partial charge in [-0.2, -0.15) is 5.10 Å². The number of aromatic nitrogens is 2. The third-order valence-corrected chi connectivity index (χ3v) is 5.11. The minimum Gasteiger partial charge on any atom is -0.497 e. The molecule has 26 heavy (non-hydrogen) atoms. The maximum Gasteiger partial charge on any atom is 0.245 e. The number of amides is 1. The van der Waals surface area contributed by atoms with Gasteiger partial charge in [0.2, 0.25) is 5.91 Å². The summed E-state index contributed by atoms with van der Waals surface area (Å²) < 4.78 is 12.7. The summed E-state index contributed by atoms with van der Waals surface area (Å²) in [7, 11) is 3.23. The topological polar surface area (TPSA) is 82.6 Å². The largest absolute Gasteiger partial charge is 0.497 e. The molecule has 1 saturated carbocycles.